The van der Waals surface area contributed by atoms with Crippen LogP contribution in [-0.2, 0) is 11.2 Å². The van der Waals surface area contributed by atoms with Crippen molar-refractivity contribution in [1.82, 2.24) is 0 Å². The molecular weight excluding hydrogens is 344 g/mol. The molecule has 1 N–H and O–H groups in total. The van der Waals surface area contributed by atoms with Crippen molar-refractivity contribution in [3.05, 3.63) is 63.6 Å². The molecule has 0 heterocycles. The maximum Gasteiger partial charge on any atom is 0.345 e. The average molecular weight is 356 g/mol. The minimum absolute atomic E-state index is 0.287. The van der Waals surface area contributed by atoms with E-state index in [1.165, 1.54) is 0 Å². The van der Waals surface area contributed by atoms with Crippen molar-refractivity contribution >= 4 is 33.5 Å². The molecule has 0 spiro atoms. The number of carboxylic acid groups (broad SMARTS) is 1. The van der Waals surface area contributed by atoms with E-state index in [9.17, 15) is 9.90 Å². The second kappa shape index (κ2) is 6.77. The zero-order valence-electron chi connectivity index (χ0n) is 10.4. The van der Waals surface area contributed by atoms with Gasteiger partial charge in [0.15, 0.2) is 6.10 Å². The molecule has 104 valence electrons. The summed E-state index contributed by atoms with van der Waals surface area (Å²) in [6.45, 7) is 0. The van der Waals surface area contributed by atoms with Gasteiger partial charge in [0, 0.05) is 15.9 Å². The lowest BCUT2D eigenvalue weighted by atomic mass is 10.1. The fourth-order valence-electron chi connectivity index (χ4n) is 1.72. The first-order chi connectivity index (χ1) is 9.54. The topological polar surface area (TPSA) is 46.5 Å². The Balaban J connectivity index is 2.11. The molecule has 0 aromatic heterocycles. The van der Waals surface area contributed by atoms with Crippen LogP contribution in [0.3, 0.4) is 0 Å². The van der Waals surface area contributed by atoms with Crippen LogP contribution in [0.2, 0.25) is 5.02 Å². The van der Waals surface area contributed by atoms with Crippen molar-refractivity contribution < 1.29 is 14.6 Å². The summed E-state index contributed by atoms with van der Waals surface area (Å²) in [5.41, 5.74) is 0.891. The molecule has 2 aromatic carbocycles. The highest BCUT2D eigenvalue weighted by molar-refractivity contribution is 9.10. The van der Waals surface area contributed by atoms with Crippen LogP contribution in [0.25, 0.3) is 0 Å². The summed E-state index contributed by atoms with van der Waals surface area (Å²) in [5.74, 6) is -0.560. The van der Waals surface area contributed by atoms with E-state index in [1.54, 1.807) is 24.3 Å². The van der Waals surface area contributed by atoms with E-state index in [4.69, 9.17) is 16.3 Å². The van der Waals surface area contributed by atoms with Gasteiger partial charge in [0.1, 0.15) is 5.75 Å². The van der Waals surface area contributed by atoms with E-state index < -0.39 is 12.1 Å². The molecule has 20 heavy (non-hydrogen) atoms. The van der Waals surface area contributed by atoms with Crippen LogP contribution in [0.5, 0.6) is 5.75 Å². The molecule has 1 atom stereocenters. The Morgan fingerprint density at radius 2 is 1.95 bits per heavy atom. The first-order valence-corrected chi connectivity index (χ1v) is 7.11. The molecule has 0 amide bonds. The van der Waals surface area contributed by atoms with E-state index in [0.29, 0.717) is 10.8 Å². The van der Waals surface area contributed by atoms with Gasteiger partial charge in [0.2, 0.25) is 0 Å². The van der Waals surface area contributed by atoms with Gasteiger partial charge in [-0.25, -0.2) is 4.79 Å². The first kappa shape index (κ1) is 14.9. The quantitative estimate of drug-likeness (QED) is 0.875. The Labute approximate surface area is 130 Å². The zero-order chi connectivity index (χ0) is 14.5. The lowest BCUT2D eigenvalue weighted by molar-refractivity contribution is -0.145. The second-order valence-corrected chi connectivity index (χ2v) is 5.58. The number of rotatable bonds is 5. The Morgan fingerprint density at radius 3 is 2.55 bits per heavy atom. The number of aliphatic carboxylic acids is 1. The van der Waals surface area contributed by atoms with Crippen molar-refractivity contribution in [3.8, 4) is 5.75 Å². The van der Waals surface area contributed by atoms with Crippen molar-refractivity contribution in [2.75, 3.05) is 0 Å². The normalized spacial score (nSPS) is 11.9. The molecule has 2 aromatic rings. The second-order valence-electron chi connectivity index (χ2n) is 4.23. The largest absolute Gasteiger partial charge is 0.478 e. The van der Waals surface area contributed by atoms with Crippen molar-refractivity contribution in [3.63, 3.8) is 0 Å². The number of benzene rings is 2. The number of carboxylic acids is 1. The molecule has 0 saturated heterocycles. The van der Waals surface area contributed by atoms with Gasteiger partial charge in [0.25, 0.3) is 0 Å². The minimum Gasteiger partial charge on any atom is -0.478 e. The van der Waals surface area contributed by atoms with Crippen molar-refractivity contribution in [1.29, 1.82) is 0 Å². The minimum atomic E-state index is -1.01. The van der Waals surface area contributed by atoms with Crippen LogP contribution in [0.4, 0.5) is 0 Å². The van der Waals surface area contributed by atoms with E-state index in [1.807, 2.05) is 24.3 Å². The van der Waals surface area contributed by atoms with Gasteiger partial charge in [0.05, 0.1) is 0 Å². The molecule has 0 saturated carbocycles. The van der Waals surface area contributed by atoms with Crippen LogP contribution >= 0.6 is 27.5 Å². The molecule has 0 unspecified atom stereocenters. The Hall–Kier alpha value is -1.52. The monoisotopic (exact) mass is 354 g/mol. The van der Waals surface area contributed by atoms with Crippen LogP contribution < -0.4 is 4.74 Å². The molecule has 0 bridgehead atoms. The van der Waals surface area contributed by atoms with Crippen LogP contribution in [0.1, 0.15) is 5.56 Å². The highest BCUT2D eigenvalue weighted by atomic mass is 79.9. The molecule has 5 heteroatoms. The summed E-state index contributed by atoms with van der Waals surface area (Å²) in [6, 6.07) is 14.2. The molecular formula is C15H12BrClO3. The van der Waals surface area contributed by atoms with Crippen molar-refractivity contribution in [2.45, 2.75) is 12.5 Å². The highest BCUT2D eigenvalue weighted by Gasteiger charge is 2.20. The lowest BCUT2D eigenvalue weighted by Gasteiger charge is -2.15. The van der Waals surface area contributed by atoms with Gasteiger partial charge in [-0.05, 0) is 35.9 Å². The Kier molecular flexibility index (Phi) is 5.04. The fourth-order valence-corrected chi connectivity index (χ4v) is 2.16. The summed E-state index contributed by atoms with van der Waals surface area (Å²) in [5, 5.41) is 9.76. The van der Waals surface area contributed by atoms with Crippen molar-refractivity contribution in [2.24, 2.45) is 0 Å². The van der Waals surface area contributed by atoms with E-state index in [-0.39, 0.29) is 6.42 Å². The number of hydrogen-bond donors (Lipinski definition) is 1. The Morgan fingerprint density at radius 1 is 1.25 bits per heavy atom. The average Bonchev–Trinajstić information content (AvgIpc) is 2.40. The van der Waals surface area contributed by atoms with Gasteiger partial charge in [-0.15, -0.1) is 0 Å². The van der Waals surface area contributed by atoms with E-state index in [0.717, 1.165) is 10.0 Å². The van der Waals surface area contributed by atoms with Gasteiger partial charge >= 0.3 is 5.97 Å². The van der Waals surface area contributed by atoms with Gasteiger partial charge in [-0.1, -0.05) is 45.7 Å². The SMILES string of the molecule is O=C(O)[C@@H](Cc1ccc(Br)cc1)Oc1cccc(Cl)c1. The third kappa shape index (κ3) is 4.25. The molecule has 0 aliphatic rings. The third-order valence-corrected chi connectivity index (χ3v) is 3.45. The van der Waals surface area contributed by atoms with Gasteiger partial charge in [-0.2, -0.15) is 0 Å². The third-order valence-electron chi connectivity index (χ3n) is 2.68. The fraction of sp³-hybridized carbons (Fsp3) is 0.133. The smallest absolute Gasteiger partial charge is 0.345 e. The number of carbonyl (C=O) groups is 1. The predicted octanol–water partition coefficient (Wildman–Crippen LogP) is 4.18. The standard InChI is InChI=1S/C15H12BrClO3/c16-11-6-4-10(5-7-11)8-14(15(18)19)20-13-3-1-2-12(17)9-13/h1-7,9,14H,8H2,(H,18,19)/t14-/m1/s1. The summed E-state index contributed by atoms with van der Waals surface area (Å²) in [6.07, 6.45) is -0.663. The van der Waals surface area contributed by atoms with Crippen LogP contribution in [0, 0.1) is 0 Å². The van der Waals surface area contributed by atoms with Gasteiger partial charge < -0.3 is 9.84 Å². The lowest BCUT2D eigenvalue weighted by Crippen LogP contribution is -2.29. The highest BCUT2D eigenvalue weighted by Crippen LogP contribution is 2.20. The molecule has 0 fully saturated rings. The summed E-state index contributed by atoms with van der Waals surface area (Å²) >= 11 is 9.19. The number of ether oxygens (including phenoxy) is 1. The predicted molar refractivity (Wildman–Crippen MR) is 81.3 cm³/mol. The maximum atomic E-state index is 11.3. The summed E-state index contributed by atoms with van der Waals surface area (Å²) in [4.78, 5) is 11.3. The molecule has 0 aliphatic carbocycles. The van der Waals surface area contributed by atoms with Crippen LogP contribution in [0.15, 0.2) is 53.0 Å². The molecule has 0 radical (unpaired) electrons. The van der Waals surface area contributed by atoms with Gasteiger partial charge in [-0.3, -0.25) is 0 Å². The summed E-state index contributed by atoms with van der Waals surface area (Å²) < 4.78 is 6.44. The Bertz CT molecular complexity index is 598. The van der Waals surface area contributed by atoms with E-state index in [2.05, 4.69) is 15.9 Å². The number of halogens is 2. The number of hydrogen-bond acceptors (Lipinski definition) is 2. The van der Waals surface area contributed by atoms with E-state index >= 15 is 0 Å². The molecule has 2 rings (SSSR count). The van der Waals surface area contributed by atoms with Crippen LogP contribution in [-0.4, -0.2) is 17.2 Å². The summed E-state index contributed by atoms with van der Waals surface area (Å²) in [7, 11) is 0. The first-order valence-electron chi connectivity index (χ1n) is 5.94. The molecule has 3 nitrogen and oxygen atoms in total. The zero-order valence-corrected chi connectivity index (χ0v) is 12.8. The molecule has 0 aliphatic heterocycles. The maximum absolute atomic E-state index is 11.3.